The number of aryl methyl sites for hydroxylation is 2. The average Bonchev–Trinajstić information content (AvgIpc) is 2.64. The number of aromatic nitrogens is 1. The van der Waals surface area contributed by atoms with E-state index >= 15 is 0 Å². The summed E-state index contributed by atoms with van der Waals surface area (Å²) in [5.41, 5.74) is 5.97. The third-order valence-corrected chi connectivity index (χ3v) is 4.94. The Balaban J connectivity index is 1.84. The summed E-state index contributed by atoms with van der Waals surface area (Å²) in [6, 6.07) is 12.9. The molecule has 132 valence electrons. The number of aromatic hydroxyl groups is 1. The van der Waals surface area contributed by atoms with Gasteiger partial charge in [0.2, 0.25) is 0 Å². The summed E-state index contributed by atoms with van der Waals surface area (Å²) in [6.45, 7) is 2.36. The Labute approximate surface area is 155 Å². The van der Waals surface area contributed by atoms with E-state index < -0.39 is 0 Å². The van der Waals surface area contributed by atoms with Crippen molar-refractivity contribution in [3.05, 3.63) is 69.0 Å². The first-order valence-electron chi connectivity index (χ1n) is 8.50. The smallest absolute Gasteiger partial charge is 0.264 e. The van der Waals surface area contributed by atoms with E-state index in [0.717, 1.165) is 23.9 Å². The molecule has 0 aliphatic carbocycles. The number of anilines is 1. The van der Waals surface area contributed by atoms with Crippen LogP contribution in [0, 0.1) is 0 Å². The summed E-state index contributed by atoms with van der Waals surface area (Å²) >= 11 is 5.97. The number of hydrogen-bond donors (Lipinski definition) is 2. The summed E-state index contributed by atoms with van der Waals surface area (Å²) in [7, 11) is 0. The van der Waals surface area contributed by atoms with Gasteiger partial charge in [0.05, 0.1) is 16.9 Å². The van der Waals surface area contributed by atoms with Crippen LogP contribution >= 0.6 is 11.6 Å². The number of rotatable bonds is 3. The van der Waals surface area contributed by atoms with E-state index in [-0.39, 0.29) is 16.9 Å². The van der Waals surface area contributed by atoms with Crippen molar-refractivity contribution < 1.29 is 5.11 Å². The predicted octanol–water partition coefficient (Wildman–Crippen LogP) is 4.14. The third-order valence-electron chi connectivity index (χ3n) is 4.71. The summed E-state index contributed by atoms with van der Waals surface area (Å²) in [5, 5.41) is 16.3. The quantitative estimate of drug-likeness (QED) is 0.540. The highest BCUT2D eigenvalue weighted by Crippen LogP contribution is 2.31. The van der Waals surface area contributed by atoms with Crippen molar-refractivity contribution in [2.45, 2.75) is 26.3 Å². The van der Waals surface area contributed by atoms with Crippen LogP contribution in [-0.2, 0) is 13.0 Å². The number of hydrogen-bond acceptors (Lipinski definition) is 4. The van der Waals surface area contributed by atoms with Crippen molar-refractivity contribution in [2.24, 2.45) is 5.10 Å². The summed E-state index contributed by atoms with van der Waals surface area (Å²) in [5.74, 6) is -0.0147. The lowest BCUT2D eigenvalue weighted by molar-refractivity contribution is 0.476. The van der Waals surface area contributed by atoms with Crippen LogP contribution < -0.4 is 11.0 Å². The number of pyridine rings is 1. The van der Waals surface area contributed by atoms with Crippen molar-refractivity contribution in [1.29, 1.82) is 0 Å². The Kier molecular flexibility index (Phi) is 4.17. The Bertz CT molecular complexity index is 1100. The van der Waals surface area contributed by atoms with Gasteiger partial charge < -0.3 is 9.67 Å². The second-order valence-corrected chi connectivity index (χ2v) is 6.85. The van der Waals surface area contributed by atoms with Crippen LogP contribution in [0.25, 0.3) is 10.9 Å². The van der Waals surface area contributed by atoms with Crippen LogP contribution in [0.3, 0.4) is 0 Å². The first-order valence-corrected chi connectivity index (χ1v) is 8.87. The number of nitrogens with one attached hydrogen (secondary N) is 1. The maximum atomic E-state index is 13.0. The lowest BCUT2D eigenvalue weighted by Gasteiger charge is -2.21. The first-order chi connectivity index (χ1) is 12.6. The molecule has 4 rings (SSSR count). The highest BCUT2D eigenvalue weighted by Gasteiger charge is 2.22. The number of benzene rings is 2. The topological polar surface area (TPSA) is 66.6 Å². The van der Waals surface area contributed by atoms with Crippen LogP contribution in [0.15, 0.2) is 52.4 Å². The number of hydrazone groups is 1. The molecule has 0 unspecified atom stereocenters. The third kappa shape index (κ3) is 2.74. The minimum Gasteiger partial charge on any atom is -0.506 e. The molecule has 1 aliphatic rings. The highest BCUT2D eigenvalue weighted by molar-refractivity contribution is 6.30. The molecule has 0 saturated carbocycles. The van der Waals surface area contributed by atoms with Gasteiger partial charge in [-0.2, -0.15) is 5.10 Å². The van der Waals surface area contributed by atoms with Crippen molar-refractivity contribution in [2.75, 3.05) is 5.43 Å². The zero-order chi connectivity index (χ0) is 18.3. The van der Waals surface area contributed by atoms with Gasteiger partial charge in [0, 0.05) is 17.0 Å². The molecule has 0 radical (unpaired) electrons. The van der Waals surface area contributed by atoms with E-state index in [9.17, 15) is 9.90 Å². The van der Waals surface area contributed by atoms with Crippen LogP contribution in [0.1, 0.15) is 24.5 Å². The van der Waals surface area contributed by atoms with Crippen LogP contribution in [0.2, 0.25) is 5.02 Å². The number of nitrogens with zero attached hydrogens (tertiary/aromatic N) is 2. The Morgan fingerprint density at radius 1 is 1.27 bits per heavy atom. The Hall–Kier alpha value is -2.79. The fourth-order valence-corrected chi connectivity index (χ4v) is 3.70. The molecule has 2 N–H and O–H groups in total. The molecule has 2 aromatic carbocycles. The largest absolute Gasteiger partial charge is 0.506 e. The van der Waals surface area contributed by atoms with Gasteiger partial charge in [0.25, 0.3) is 5.56 Å². The lowest BCUT2D eigenvalue weighted by Crippen LogP contribution is -2.29. The van der Waals surface area contributed by atoms with Gasteiger partial charge in [-0.25, -0.2) is 0 Å². The molecular weight excluding hydrogens is 350 g/mol. The maximum absolute atomic E-state index is 13.0. The summed E-state index contributed by atoms with van der Waals surface area (Å²) in [4.78, 5) is 13.0. The normalized spacial score (nSPS) is 13.8. The Morgan fingerprint density at radius 2 is 2.08 bits per heavy atom. The standard InChI is InChI=1S/C20H18ClN3O2/c1-12(22-23-15-8-3-7-14(21)11-15)17-19(25)16-9-2-5-13-6-4-10-24(18(13)16)20(17)26/h2-3,5,7-9,11,23,25H,4,6,10H2,1H3. The molecule has 0 bridgehead atoms. The van der Waals surface area contributed by atoms with E-state index in [1.165, 1.54) is 0 Å². The molecule has 5 nitrogen and oxygen atoms in total. The predicted molar refractivity (Wildman–Crippen MR) is 105 cm³/mol. The second-order valence-electron chi connectivity index (χ2n) is 6.42. The molecule has 1 aliphatic heterocycles. The van der Waals surface area contributed by atoms with Gasteiger partial charge in [-0.15, -0.1) is 0 Å². The molecule has 0 spiro atoms. The number of halogens is 1. The molecular formula is C20H18ClN3O2. The molecule has 0 atom stereocenters. The fraction of sp³-hybridized carbons (Fsp3) is 0.200. The second kappa shape index (κ2) is 6.50. The summed E-state index contributed by atoms with van der Waals surface area (Å²) in [6.07, 6.45) is 1.83. The van der Waals surface area contributed by atoms with Crippen LogP contribution in [0.5, 0.6) is 5.75 Å². The van der Waals surface area contributed by atoms with Gasteiger partial charge in [-0.1, -0.05) is 29.8 Å². The van der Waals surface area contributed by atoms with E-state index in [4.69, 9.17) is 11.6 Å². The average molecular weight is 368 g/mol. The molecule has 0 saturated heterocycles. The molecule has 0 amide bonds. The Morgan fingerprint density at radius 3 is 2.88 bits per heavy atom. The van der Waals surface area contributed by atoms with E-state index in [2.05, 4.69) is 10.5 Å². The van der Waals surface area contributed by atoms with E-state index in [1.54, 1.807) is 23.6 Å². The maximum Gasteiger partial charge on any atom is 0.264 e. The van der Waals surface area contributed by atoms with Crippen molar-refractivity contribution >= 4 is 33.9 Å². The minimum atomic E-state index is -0.212. The summed E-state index contributed by atoms with van der Waals surface area (Å²) < 4.78 is 1.75. The molecule has 3 aromatic rings. The van der Waals surface area contributed by atoms with Gasteiger partial charge in [-0.05, 0) is 49.6 Å². The highest BCUT2D eigenvalue weighted by atomic mass is 35.5. The zero-order valence-corrected chi connectivity index (χ0v) is 15.0. The van der Waals surface area contributed by atoms with Gasteiger partial charge >= 0.3 is 0 Å². The van der Waals surface area contributed by atoms with Crippen molar-refractivity contribution in [3.8, 4) is 5.75 Å². The molecule has 6 heteroatoms. The molecule has 0 fully saturated rings. The van der Waals surface area contributed by atoms with Gasteiger partial charge in [0.1, 0.15) is 11.3 Å². The monoisotopic (exact) mass is 367 g/mol. The van der Waals surface area contributed by atoms with Gasteiger partial charge in [0.15, 0.2) is 0 Å². The van der Waals surface area contributed by atoms with Crippen LogP contribution in [-0.4, -0.2) is 15.4 Å². The van der Waals surface area contributed by atoms with Crippen molar-refractivity contribution in [3.63, 3.8) is 0 Å². The van der Waals surface area contributed by atoms with E-state index in [0.29, 0.717) is 28.4 Å². The fourth-order valence-electron chi connectivity index (χ4n) is 3.50. The molecule has 1 aromatic heterocycles. The van der Waals surface area contributed by atoms with E-state index in [1.807, 2.05) is 30.3 Å². The lowest BCUT2D eigenvalue weighted by atomic mass is 9.98. The number of para-hydroxylation sites is 1. The minimum absolute atomic E-state index is 0.0147. The van der Waals surface area contributed by atoms with Crippen LogP contribution in [0.4, 0.5) is 5.69 Å². The molecule has 26 heavy (non-hydrogen) atoms. The molecule has 2 heterocycles. The van der Waals surface area contributed by atoms with Gasteiger partial charge in [-0.3, -0.25) is 10.2 Å². The zero-order valence-electron chi connectivity index (χ0n) is 14.3. The van der Waals surface area contributed by atoms with Crippen molar-refractivity contribution in [1.82, 2.24) is 4.57 Å². The SMILES string of the molecule is CC(=NNc1cccc(Cl)c1)c1c(O)c2cccc3c2n(c1=O)CCC3. The first kappa shape index (κ1) is 16.7.